The fraction of sp³-hybridized carbons (Fsp3) is 0.444. The van der Waals surface area contributed by atoms with Crippen LogP contribution in [0.15, 0.2) is 10.3 Å². The van der Waals surface area contributed by atoms with Gasteiger partial charge in [0.1, 0.15) is 5.51 Å². The molecule has 0 aliphatic carbocycles. The van der Waals surface area contributed by atoms with Gasteiger partial charge in [0.05, 0.1) is 4.92 Å². The summed E-state index contributed by atoms with van der Waals surface area (Å²) >= 11 is 1.15. The van der Waals surface area contributed by atoms with Crippen molar-refractivity contribution in [2.75, 3.05) is 11.9 Å². The highest BCUT2D eigenvalue weighted by Gasteiger charge is 2.24. The van der Waals surface area contributed by atoms with Crippen LogP contribution in [0.4, 0.5) is 11.5 Å². The van der Waals surface area contributed by atoms with Gasteiger partial charge in [-0.2, -0.15) is 14.6 Å². The maximum atomic E-state index is 11.9. The summed E-state index contributed by atoms with van der Waals surface area (Å²) in [6.45, 7) is 2.55. The van der Waals surface area contributed by atoms with E-state index in [-0.39, 0.29) is 5.82 Å². The van der Waals surface area contributed by atoms with Crippen LogP contribution in [-0.4, -0.2) is 26.1 Å². The third-order valence-corrected chi connectivity index (χ3v) is 3.01. The molecule has 18 heavy (non-hydrogen) atoms. The quantitative estimate of drug-likeness (QED) is 0.498. The average Bonchev–Trinajstić information content (AvgIpc) is 2.77. The van der Waals surface area contributed by atoms with Gasteiger partial charge in [0, 0.05) is 6.54 Å². The fourth-order valence-corrected chi connectivity index (χ4v) is 2.06. The first kappa shape index (κ1) is 12.4. The number of nitrogens with one attached hydrogen (secondary N) is 1. The first-order valence-corrected chi connectivity index (χ1v) is 6.28. The lowest BCUT2D eigenvalue weighted by atomic mass is 10.3. The van der Waals surface area contributed by atoms with Crippen molar-refractivity contribution in [2.45, 2.75) is 19.8 Å². The molecule has 96 valence electrons. The van der Waals surface area contributed by atoms with Crippen LogP contribution in [0, 0.1) is 10.1 Å². The molecule has 0 aliphatic heterocycles. The van der Waals surface area contributed by atoms with Gasteiger partial charge in [-0.15, -0.1) is 0 Å². The van der Waals surface area contributed by atoms with Crippen LogP contribution >= 0.6 is 11.3 Å². The van der Waals surface area contributed by atoms with Crippen molar-refractivity contribution >= 4 is 27.8 Å². The lowest BCUT2D eigenvalue weighted by molar-refractivity contribution is -0.385. The molecule has 0 aliphatic rings. The van der Waals surface area contributed by atoms with Crippen molar-refractivity contribution in [1.82, 2.24) is 14.6 Å². The van der Waals surface area contributed by atoms with Gasteiger partial charge in [-0.1, -0.05) is 24.7 Å². The van der Waals surface area contributed by atoms with E-state index in [0.29, 0.717) is 11.5 Å². The second kappa shape index (κ2) is 5.08. The third kappa shape index (κ3) is 2.16. The number of hydrogen-bond donors (Lipinski definition) is 1. The lowest BCUT2D eigenvalue weighted by Gasteiger charge is -2.04. The number of nitro groups is 1. The summed E-state index contributed by atoms with van der Waals surface area (Å²) in [5.74, 6) is 0.0164. The van der Waals surface area contributed by atoms with Gasteiger partial charge >= 0.3 is 11.2 Å². The van der Waals surface area contributed by atoms with Crippen molar-refractivity contribution in [2.24, 2.45) is 0 Å². The van der Waals surface area contributed by atoms with E-state index in [1.165, 1.54) is 5.51 Å². The van der Waals surface area contributed by atoms with E-state index in [4.69, 9.17) is 0 Å². The minimum atomic E-state index is -0.759. The highest BCUT2D eigenvalue weighted by atomic mass is 32.1. The second-order valence-electron chi connectivity index (χ2n) is 3.58. The number of hydrogen-bond acceptors (Lipinski definition) is 7. The molecule has 0 unspecified atom stereocenters. The number of fused-ring (bicyclic) bond motifs is 1. The number of aromatic nitrogens is 3. The van der Waals surface area contributed by atoms with E-state index in [0.717, 1.165) is 28.7 Å². The minimum absolute atomic E-state index is 0.0164. The summed E-state index contributed by atoms with van der Waals surface area (Å²) < 4.78 is 0.938. The first-order chi connectivity index (χ1) is 8.65. The molecule has 0 atom stereocenters. The molecule has 2 aromatic rings. The zero-order valence-electron chi connectivity index (χ0n) is 9.62. The van der Waals surface area contributed by atoms with Crippen molar-refractivity contribution in [1.29, 1.82) is 0 Å². The molecule has 0 saturated carbocycles. The molecular formula is C9H11N5O3S. The van der Waals surface area contributed by atoms with Gasteiger partial charge in [-0.25, -0.2) is 0 Å². The summed E-state index contributed by atoms with van der Waals surface area (Å²) in [5.41, 5.74) is 0.100. The van der Waals surface area contributed by atoms with Crippen LogP contribution in [-0.2, 0) is 0 Å². The van der Waals surface area contributed by atoms with Crippen molar-refractivity contribution in [3.8, 4) is 0 Å². The molecule has 2 aromatic heterocycles. The third-order valence-electron chi connectivity index (χ3n) is 2.33. The topological polar surface area (TPSA) is 102 Å². The molecule has 0 spiro atoms. The van der Waals surface area contributed by atoms with Gasteiger partial charge in [-0.05, 0) is 6.42 Å². The Kier molecular flexibility index (Phi) is 3.51. The summed E-state index contributed by atoms with van der Waals surface area (Å²) in [7, 11) is 0. The Morgan fingerprint density at radius 3 is 3.06 bits per heavy atom. The summed E-state index contributed by atoms with van der Waals surface area (Å²) in [6, 6.07) is 0. The van der Waals surface area contributed by atoms with E-state index in [1.54, 1.807) is 0 Å². The number of rotatable bonds is 5. The molecule has 0 bridgehead atoms. The molecule has 0 radical (unpaired) electrons. The standard InChI is InChI=1S/C9H11N5O3S/c1-2-3-4-10-7-6(14(16)17)8(15)13-9(12-7)18-5-11-13/h5,10H,2-4H2,1H3. The molecular weight excluding hydrogens is 258 g/mol. The Labute approximate surface area is 105 Å². The number of unbranched alkanes of at least 4 members (excludes halogenated alkanes) is 1. The van der Waals surface area contributed by atoms with Gasteiger partial charge in [0.2, 0.25) is 10.8 Å². The van der Waals surface area contributed by atoms with E-state index < -0.39 is 16.2 Å². The fourth-order valence-electron chi connectivity index (χ4n) is 1.45. The van der Waals surface area contributed by atoms with E-state index in [9.17, 15) is 14.9 Å². The van der Waals surface area contributed by atoms with Crippen molar-refractivity contribution in [3.05, 3.63) is 26.0 Å². The maximum Gasteiger partial charge on any atom is 0.377 e. The summed E-state index contributed by atoms with van der Waals surface area (Å²) in [6.07, 6.45) is 1.80. The highest BCUT2D eigenvalue weighted by molar-refractivity contribution is 7.14. The van der Waals surface area contributed by atoms with Crippen molar-refractivity contribution in [3.63, 3.8) is 0 Å². The summed E-state index contributed by atoms with van der Waals surface area (Å²) in [4.78, 5) is 26.5. The molecule has 1 N–H and O–H groups in total. The second-order valence-corrected chi connectivity index (χ2v) is 4.40. The Balaban J connectivity index is 2.51. The molecule has 8 nitrogen and oxygen atoms in total. The SMILES string of the molecule is CCCCNc1nc2scnn2c(=O)c1[N+](=O)[O-]. The Morgan fingerprint density at radius 1 is 1.61 bits per heavy atom. The Morgan fingerprint density at radius 2 is 2.39 bits per heavy atom. The van der Waals surface area contributed by atoms with Crippen LogP contribution in [0.2, 0.25) is 0 Å². The van der Waals surface area contributed by atoms with E-state index in [2.05, 4.69) is 15.4 Å². The predicted molar refractivity (Wildman–Crippen MR) is 67.2 cm³/mol. The predicted octanol–water partition coefficient (Wildman–Crippen LogP) is 1.27. The van der Waals surface area contributed by atoms with Crippen molar-refractivity contribution < 1.29 is 4.92 Å². The van der Waals surface area contributed by atoms with Gasteiger partial charge in [0.15, 0.2) is 0 Å². The zero-order chi connectivity index (χ0) is 13.1. The molecule has 2 rings (SSSR count). The van der Waals surface area contributed by atoms with E-state index >= 15 is 0 Å². The highest BCUT2D eigenvalue weighted by Crippen LogP contribution is 2.19. The molecule has 9 heteroatoms. The van der Waals surface area contributed by atoms with Crippen LogP contribution < -0.4 is 10.9 Å². The van der Waals surface area contributed by atoms with Crippen LogP contribution in [0.3, 0.4) is 0 Å². The van der Waals surface area contributed by atoms with Crippen LogP contribution in [0.25, 0.3) is 4.96 Å². The summed E-state index contributed by atoms with van der Waals surface area (Å²) in [5, 5.41) is 17.5. The Bertz CT molecular complexity index is 635. The average molecular weight is 269 g/mol. The van der Waals surface area contributed by atoms with Gasteiger partial charge in [-0.3, -0.25) is 14.9 Å². The largest absolute Gasteiger partial charge is 0.377 e. The van der Waals surface area contributed by atoms with Gasteiger partial charge in [0.25, 0.3) is 0 Å². The minimum Gasteiger partial charge on any atom is -0.364 e. The smallest absolute Gasteiger partial charge is 0.364 e. The van der Waals surface area contributed by atoms with E-state index in [1.807, 2.05) is 6.92 Å². The normalized spacial score (nSPS) is 10.7. The molecule has 0 saturated heterocycles. The zero-order valence-corrected chi connectivity index (χ0v) is 10.4. The molecule has 0 amide bonds. The monoisotopic (exact) mass is 269 g/mol. The van der Waals surface area contributed by atoms with Gasteiger partial charge < -0.3 is 5.32 Å². The lowest BCUT2D eigenvalue weighted by Crippen LogP contribution is -2.21. The molecule has 2 heterocycles. The molecule has 0 aromatic carbocycles. The number of nitrogens with zero attached hydrogens (tertiary/aromatic N) is 4. The maximum absolute atomic E-state index is 11.9. The van der Waals surface area contributed by atoms with Crippen LogP contribution in [0.1, 0.15) is 19.8 Å². The Hall–Kier alpha value is -2.03. The first-order valence-electron chi connectivity index (χ1n) is 5.40. The molecule has 0 fully saturated rings. The number of anilines is 1. The van der Waals surface area contributed by atoms with Crippen LogP contribution in [0.5, 0.6) is 0 Å².